The number of unbranched alkanes of at least 4 members (excludes halogenated alkanes) is 5. The fourth-order valence-electron chi connectivity index (χ4n) is 1.47. The third kappa shape index (κ3) is 27.6. The molecule has 0 atom stereocenters. The lowest BCUT2D eigenvalue weighted by atomic mass is 10.1. The molecule has 0 aromatic heterocycles. The number of rotatable bonds is 11. The molecule has 0 saturated carbocycles. The van der Waals surface area contributed by atoms with E-state index in [0.29, 0.717) is 5.92 Å². The second kappa shape index (κ2) is 18.4. The van der Waals surface area contributed by atoms with Crippen molar-refractivity contribution in [1.29, 1.82) is 0 Å². The summed E-state index contributed by atoms with van der Waals surface area (Å²) < 4.78 is 0. The summed E-state index contributed by atoms with van der Waals surface area (Å²) >= 11 is 0. The van der Waals surface area contributed by atoms with Crippen molar-refractivity contribution in [2.75, 3.05) is 6.54 Å². The van der Waals surface area contributed by atoms with Crippen LogP contribution in [0, 0.1) is 5.92 Å². The fraction of sp³-hybridized carbons (Fsp3) is 0.647. The van der Waals surface area contributed by atoms with Gasteiger partial charge in [0, 0.05) is 12.6 Å². The number of nitrogens with one attached hydrogen (secondary N) is 1. The zero-order valence-electron chi connectivity index (χ0n) is 13.8. The van der Waals surface area contributed by atoms with E-state index in [1.165, 1.54) is 38.2 Å². The summed E-state index contributed by atoms with van der Waals surface area (Å²) in [7, 11) is 0. The molecule has 0 aliphatic rings. The molecule has 2 amide bonds. The molecule has 0 heterocycles. The lowest BCUT2D eigenvalue weighted by Gasteiger charge is -1.98. The van der Waals surface area contributed by atoms with Crippen molar-refractivity contribution in [1.82, 2.24) is 5.32 Å². The fourth-order valence-corrected chi connectivity index (χ4v) is 1.47. The van der Waals surface area contributed by atoms with Crippen LogP contribution in [0.1, 0.15) is 59.3 Å². The summed E-state index contributed by atoms with van der Waals surface area (Å²) in [5.41, 5.74) is 4.93. The smallest absolute Gasteiger partial charge is 0.241 e. The van der Waals surface area contributed by atoms with Gasteiger partial charge in [-0.25, -0.2) is 0 Å². The Bertz CT molecular complexity index is 297. The monoisotopic (exact) mass is 296 g/mol. The minimum atomic E-state index is -0.391. The van der Waals surface area contributed by atoms with Gasteiger partial charge >= 0.3 is 0 Å². The van der Waals surface area contributed by atoms with Gasteiger partial charge in [-0.1, -0.05) is 64.7 Å². The Kier molecular flexibility index (Phi) is 19.0. The van der Waals surface area contributed by atoms with Crippen molar-refractivity contribution in [3.8, 4) is 0 Å². The van der Waals surface area contributed by atoms with Gasteiger partial charge in [0.15, 0.2) is 0 Å². The number of hydrogen-bond donors (Lipinski definition) is 2. The number of carbonyl (C=O) groups excluding carboxylic acids is 2. The summed E-state index contributed by atoms with van der Waals surface area (Å²) in [4.78, 5) is 19.9. The van der Waals surface area contributed by atoms with Gasteiger partial charge in [-0.15, -0.1) is 0 Å². The molecule has 0 aromatic carbocycles. The minimum absolute atomic E-state index is 0.391. The van der Waals surface area contributed by atoms with E-state index in [2.05, 4.69) is 32.2 Å². The van der Waals surface area contributed by atoms with Crippen molar-refractivity contribution in [3.63, 3.8) is 0 Å². The van der Waals surface area contributed by atoms with Crippen LogP contribution in [-0.4, -0.2) is 18.9 Å². The maximum absolute atomic E-state index is 10.3. The Morgan fingerprint density at radius 3 is 2.29 bits per heavy atom. The molecule has 0 bridgehead atoms. The van der Waals surface area contributed by atoms with Crippen molar-refractivity contribution in [2.45, 2.75) is 59.3 Å². The molecule has 0 rings (SSSR count). The lowest BCUT2D eigenvalue weighted by Crippen LogP contribution is -2.16. The SMILES string of the molecule is CC(C)CNC=O.CCCCCCCC=CC=CC(N)=O. The molecule has 0 fully saturated rings. The van der Waals surface area contributed by atoms with Gasteiger partial charge in [0.2, 0.25) is 12.3 Å². The highest BCUT2D eigenvalue weighted by atomic mass is 16.1. The zero-order chi connectivity index (χ0) is 16.3. The molecule has 3 N–H and O–H groups in total. The first-order chi connectivity index (χ1) is 10.0. The molecule has 0 aliphatic carbocycles. The van der Waals surface area contributed by atoms with Crippen LogP contribution in [0.2, 0.25) is 0 Å². The number of allylic oxidation sites excluding steroid dienone is 3. The summed E-state index contributed by atoms with van der Waals surface area (Å²) in [6, 6.07) is 0. The molecular weight excluding hydrogens is 264 g/mol. The minimum Gasteiger partial charge on any atom is -0.366 e. The molecule has 4 nitrogen and oxygen atoms in total. The third-order valence-corrected chi connectivity index (χ3v) is 2.59. The molecule has 21 heavy (non-hydrogen) atoms. The largest absolute Gasteiger partial charge is 0.366 e. The third-order valence-electron chi connectivity index (χ3n) is 2.59. The van der Waals surface area contributed by atoms with Crippen LogP contribution in [-0.2, 0) is 9.59 Å². The van der Waals surface area contributed by atoms with Gasteiger partial charge in [-0.2, -0.15) is 0 Å². The quantitative estimate of drug-likeness (QED) is 0.266. The van der Waals surface area contributed by atoms with Crippen LogP contribution in [0.5, 0.6) is 0 Å². The Hall–Kier alpha value is -1.58. The standard InChI is InChI=1S/C12H21NO.C5H11NO/c1-2-3-4-5-6-7-8-9-10-11-12(13)14;1-5(2)3-6-4-7/h8-11H,2-7H2,1H3,(H2,13,14);4-5H,3H2,1-2H3,(H,6,7). The Morgan fingerprint density at radius 1 is 1.14 bits per heavy atom. The van der Waals surface area contributed by atoms with Crippen LogP contribution in [0.3, 0.4) is 0 Å². The van der Waals surface area contributed by atoms with Crippen LogP contribution in [0.15, 0.2) is 24.3 Å². The molecule has 0 aromatic rings. The normalized spacial score (nSPS) is 10.7. The number of carbonyl (C=O) groups is 2. The van der Waals surface area contributed by atoms with Crippen molar-refractivity contribution in [2.24, 2.45) is 11.7 Å². The zero-order valence-corrected chi connectivity index (χ0v) is 13.8. The van der Waals surface area contributed by atoms with E-state index in [1.807, 2.05) is 6.08 Å². The molecule has 122 valence electrons. The van der Waals surface area contributed by atoms with Crippen molar-refractivity contribution < 1.29 is 9.59 Å². The lowest BCUT2D eigenvalue weighted by molar-refractivity contribution is -0.113. The average molecular weight is 296 g/mol. The molecule has 0 spiro atoms. The van der Waals surface area contributed by atoms with Gasteiger partial charge in [0.25, 0.3) is 0 Å². The van der Waals surface area contributed by atoms with Gasteiger partial charge in [0.05, 0.1) is 0 Å². The number of amides is 2. The van der Waals surface area contributed by atoms with Gasteiger partial charge in [-0.05, 0) is 18.8 Å². The van der Waals surface area contributed by atoms with Gasteiger partial charge < -0.3 is 11.1 Å². The Labute approximate surface area is 129 Å². The van der Waals surface area contributed by atoms with E-state index in [1.54, 1.807) is 6.08 Å². The first-order valence-corrected chi connectivity index (χ1v) is 7.84. The summed E-state index contributed by atoms with van der Waals surface area (Å²) in [6.07, 6.45) is 15.3. The number of nitrogens with two attached hydrogens (primary N) is 1. The van der Waals surface area contributed by atoms with Crippen LogP contribution >= 0.6 is 0 Å². The van der Waals surface area contributed by atoms with E-state index >= 15 is 0 Å². The second-order valence-corrected chi connectivity index (χ2v) is 5.31. The summed E-state index contributed by atoms with van der Waals surface area (Å²) in [6.45, 7) is 7.10. The maximum Gasteiger partial charge on any atom is 0.241 e. The average Bonchev–Trinajstić information content (AvgIpc) is 2.43. The number of hydrogen-bond acceptors (Lipinski definition) is 2. The highest BCUT2D eigenvalue weighted by molar-refractivity contribution is 5.85. The second-order valence-electron chi connectivity index (χ2n) is 5.31. The summed E-state index contributed by atoms with van der Waals surface area (Å²) in [5, 5.41) is 2.57. The van der Waals surface area contributed by atoms with Crippen molar-refractivity contribution in [3.05, 3.63) is 24.3 Å². The van der Waals surface area contributed by atoms with Gasteiger partial charge in [0.1, 0.15) is 0 Å². The van der Waals surface area contributed by atoms with E-state index < -0.39 is 5.91 Å². The first-order valence-electron chi connectivity index (χ1n) is 7.84. The Morgan fingerprint density at radius 2 is 1.81 bits per heavy atom. The van der Waals surface area contributed by atoms with Gasteiger partial charge in [-0.3, -0.25) is 9.59 Å². The molecule has 0 aliphatic heterocycles. The highest BCUT2D eigenvalue weighted by Crippen LogP contribution is 2.05. The highest BCUT2D eigenvalue weighted by Gasteiger charge is 1.87. The molecule has 4 heteroatoms. The molecule has 0 radical (unpaired) electrons. The van der Waals surface area contributed by atoms with Crippen LogP contribution < -0.4 is 11.1 Å². The van der Waals surface area contributed by atoms with E-state index in [4.69, 9.17) is 5.73 Å². The van der Waals surface area contributed by atoms with Crippen LogP contribution in [0.4, 0.5) is 0 Å². The maximum atomic E-state index is 10.3. The number of primary amides is 1. The predicted molar refractivity (Wildman–Crippen MR) is 89.8 cm³/mol. The van der Waals surface area contributed by atoms with Crippen molar-refractivity contribution >= 4 is 12.3 Å². The van der Waals surface area contributed by atoms with E-state index in [9.17, 15) is 9.59 Å². The van der Waals surface area contributed by atoms with Crippen LogP contribution in [0.25, 0.3) is 0 Å². The first kappa shape index (κ1) is 21.7. The Balaban J connectivity index is 0. The molecule has 0 saturated heterocycles. The predicted octanol–water partition coefficient (Wildman–Crippen LogP) is 3.33. The molecule has 0 unspecified atom stereocenters. The molecular formula is C17H32N2O2. The van der Waals surface area contributed by atoms with E-state index in [-0.39, 0.29) is 0 Å². The van der Waals surface area contributed by atoms with E-state index in [0.717, 1.165) is 19.4 Å². The summed E-state index contributed by atoms with van der Waals surface area (Å²) in [5.74, 6) is 0.169. The topological polar surface area (TPSA) is 72.2 Å².